The lowest BCUT2D eigenvalue weighted by Gasteiger charge is -2.17. The zero-order chi connectivity index (χ0) is 12.1. The first-order chi connectivity index (χ1) is 7.56. The first-order valence-corrected chi connectivity index (χ1v) is 6.19. The van der Waals surface area contributed by atoms with Gasteiger partial charge >= 0.3 is 0 Å². The van der Waals surface area contributed by atoms with Gasteiger partial charge in [0.2, 0.25) is 0 Å². The topological polar surface area (TPSA) is 38.0 Å². The maximum absolute atomic E-state index is 6.08. The van der Waals surface area contributed by atoms with Gasteiger partial charge in [-0.15, -0.1) is 0 Å². The standard InChI is InChI=1S/C12H17ClN2S/c1-3-5-8(2)15-10-7-4-6-9(13)11(10)12(14)16/h4,6-8,15H,3,5H2,1-2H3,(H2,14,16). The molecule has 1 atom stereocenters. The lowest BCUT2D eigenvalue weighted by atomic mass is 10.1. The summed E-state index contributed by atoms with van der Waals surface area (Å²) in [6.45, 7) is 4.29. The number of nitrogens with one attached hydrogen (secondary N) is 1. The van der Waals surface area contributed by atoms with Gasteiger partial charge in [-0.2, -0.15) is 0 Å². The van der Waals surface area contributed by atoms with E-state index in [4.69, 9.17) is 29.6 Å². The molecule has 16 heavy (non-hydrogen) atoms. The predicted molar refractivity (Wildman–Crippen MR) is 75.3 cm³/mol. The van der Waals surface area contributed by atoms with E-state index >= 15 is 0 Å². The average molecular weight is 257 g/mol. The summed E-state index contributed by atoms with van der Waals surface area (Å²) in [5.41, 5.74) is 7.33. The van der Waals surface area contributed by atoms with Gasteiger partial charge in [0.05, 0.1) is 10.6 Å². The van der Waals surface area contributed by atoms with E-state index in [1.54, 1.807) is 6.07 Å². The molecule has 0 spiro atoms. The number of thiocarbonyl (C=S) groups is 1. The van der Waals surface area contributed by atoms with Crippen molar-refractivity contribution in [3.8, 4) is 0 Å². The molecule has 0 aliphatic rings. The van der Waals surface area contributed by atoms with Crippen LogP contribution in [0.5, 0.6) is 0 Å². The number of nitrogens with two attached hydrogens (primary N) is 1. The quantitative estimate of drug-likeness (QED) is 0.791. The van der Waals surface area contributed by atoms with Crippen molar-refractivity contribution < 1.29 is 0 Å². The normalized spacial score (nSPS) is 12.2. The first-order valence-electron chi connectivity index (χ1n) is 5.41. The molecule has 0 radical (unpaired) electrons. The van der Waals surface area contributed by atoms with Gasteiger partial charge in [0, 0.05) is 11.7 Å². The molecule has 4 heteroatoms. The van der Waals surface area contributed by atoms with E-state index in [1.807, 2.05) is 12.1 Å². The Morgan fingerprint density at radius 1 is 1.56 bits per heavy atom. The van der Waals surface area contributed by atoms with Gasteiger partial charge < -0.3 is 11.1 Å². The number of halogens is 1. The van der Waals surface area contributed by atoms with Gasteiger partial charge in [-0.05, 0) is 25.5 Å². The third-order valence-corrected chi connectivity index (χ3v) is 2.90. The van der Waals surface area contributed by atoms with Crippen LogP contribution in [0.3, 0.4) is 0 Å². The number of hydrogen-bond acceptors (Lipinski definition) is 2. The Morgan fingerprint density at radius 2 is 2.25 bits per heavy atom. The molecule has 0 fully saturated rings. The average Bonchev–Trinajstić information content (AvgIpc) is 2.17. The van der Waals surface area contributed by atoms with Crippen molar-refractivity contribution in [2.75, 3.05) is 5.32 Å². The Kier molecular flexibility index (Phi) is 5.03. The summed E-state index contributed by atoms with van der Waals surface area (Å²) >= 11 is 11.1. The Bertz CT molecular complexity index is 379. The number of anilines is 1. The highest BCUT2D eigenvalue weighted by molar-refractivity contribution is 7.80. The van der Waals surface area contributed by atoms with E-state index in [0.717, 1.165) is 24.1 Å². The number of benzene rings is 1. The molecule has 1 aromatic carbocycles. The molecule has 1 aromatic rings. The highest BCUT2D eigenvalue weighted by atomic mass is 35.5. The van der Waals surface area contributed by atoms with Crippen LogP contribution >= 0.6 is 23.8 Å². The van der Waals surface area contributed by atoms with Gasteiger partial charge in [-0.1, -0.05) is 43.2 Å². The minimum atomic E-state index is 0.330. The largest absolute Gasteiger partial charge is 0.389 e. The summed E-state index contributed by atoms with van der Waals surface area (Å²) in [7, 11) is 0. The van der Waals surface area contributed by atoms with Gasteiger partial charge in [-0.25, -0.2) is 0 Å². The van der Waals surface area contributed by atoms with Crippen molar-refractivity contribution in [3.05, 3.63) is 28.8 Å². The minimum Gasteiger partial charge on any atom is -0.389 e. The monoisotopic (exact) mass is 256 g/mol. The molecule has 0 bridgehead atoms. The Balaban J connectivity index is 2.95. The van der Waals surface area contributed by atoms with E-state index in [1.165, 1.54) is 0 Å². The fourth-order valence-corrected chi connectivity index (χ4v) is 2.22. The second-order valence-electron chi connectivity index (χ2n) is 3.86. The van der Waals surface area contributed by atoms with Gasteiger partial charge in [-0.3, -0.25) is 0 Å². The van der Waals surface area contributed by atoms with Crippen molar-refractivity contribution in [3.63, 3.8) is 0 Å². The second kappa shape index (κ2) is 6.06. The Hall–Kier alpha value is -0.800. The zero-order valence-electron chi connectivity index (χ0n) is 9.59. The molecular weight excluding hydrogens is 240 g/mol. The maximum Gasteiger partial charge on any atom is 0.107 e. The SMILES string of the molecule is CCCC(C)Nc1cccc(Cl)c1C(N)=S. The van der Waals surface area contributed by atoms with Crippen molar-refractivity contribution in [1.29, 1.82) is 0 Å². The molecule has 0 amide bonds. The molecule has 2 nitrogen and oxygen atoms in total. The van der Waals surface area contributed by atoms with Gasteiger partial charge in [0.25, 0.3) is 0 Å². The smallest absolute Gasteiger partial charge is 0.107 e. The molecule has 0 saturated heterocycles. The van der Waals surface area contributed by atoms with Crippen LogP contribution in [0, 0.1) is 0 Å². The lowest BCUT2D eigenvalue weighted by Crippen LogP contribution is -2.19. The van der Waals surface area contributed by atoms with Crippen molar-refractivity contribution >= 4 is 34.5 Å². The summed E-state index contributed by atoms with van der Waals surface area (Å²) in [6, 6.07) is 6.03. The van der Waals surface area contributed by atoms with E-state index in [0.29, 0.717) is 16.1 Å². The van der Waals surface area contributed by atoms with Crippen LogP contribution in [0.25, 0.3) is 0 Å². The third kappa shape index (κ3) is 3.35. The third-order valence-electron chi connectivity index (χ3n) is 2.38. The van der Waals surface area contributed by atoms with Crippen LogP contribution in [0.1, 0.15) is 32.3 Å². The van der Waals surface area contributed by atoms with Crippen LogP contribution in [0.2, 0.25) is 5.02 Å². The fraction of sp³-hybridized carbons (Fsp3) is 0.417. The Morgan fingerprint density at radius 3 is 2.81 bits per heavy atom. The van der Waals surface area contributed by atoms with E-state index in [2.05, 4.69) is 19.2 Å². The van der Waals surface area contributed by atoms with Gasteiger partial charge in [0.1, 0.15) is 4.99 Å². The van der Waals surface area contributed by atoms with E-state index < -0.39 is 0 Å². The Labute approximate surface area is 107 Å². The van der Waals surface area contributed by atoms with Crippen LogP contribution in [0.15, 0.2) is 18.2 Å². The molecule has 0 saturated carbocycles. The maximum atomic E-state index is 6.08. The van der Waals surface area contributed by atoms with Crippen LogP contribution in [0.4, 0.5) is 5.69 Å². The molecule has 1 unspecified atom stereocenters. The molecule has 0 heterocycles. The summed E-state index contributed by atoms with van der Waals surface area (Å²) < 4.78 is 0. The molecule has 3 N–H and O–H groups in total. The van der Waals surface area contributed by atoms with Crippen molar-refractivity contribution in [1.82, 2.24) is 0 Å². The molecule has 1 rings (SSSR count). The molecular formula is C12H17ClN2S. The number of rotatable bonds is 5. The minimum absolute atomic E-state index is 0.330. The molecule has 0 aromatic heterocycles. The summed E-state index contributed by atoms with van der Waals surface area (Å²) in [5.74, 6) is 0. The van der Waals surface area contributed by atoms with Crippen LogP contribution < -0.4 is 11.1 Å². The molecule has 0 aliphatic carbocycles. The summed E-state index contributed by atoms with van der Waals surface area (Å²) in [6.07, 6.45) is 2.24. The lowest BCUT2D eigenvalue weighted by molar-refractivity contribution is 0.690. The van der Waals surface area contributed by atoms with Crippen molar-refractivity contribution in [2.45, 2.75) is 32.7 Å². The zero-order valence-corrected chi connectivity index (χ0v) is 11.2. The fourth-order valence-electron chi connectivity index (χ4n) is 1.67. The second-order valence-corrected chi connectivity index (χ2v) is 4.71. The van der Waals surface area contributed by atoms with Crippen LogP contribution in [-0.4, -0.2) is 11.0 Å². The van der Waals surface area contributed by atoms with E-state index in [-0.39, 0.29) is 0 Å². The highest BCUT2D eigenvalue weighted by Gasteiger charge is 2.11. The predicted octanol–water partition coefficient (Wildman–Crippen LogP) is 3.57. The van der Waals surface area contributed by atoms with Crippen molar-refractivity contribution in [2.24, 2.45) is 5.73 Å². The number of hydrogen-bond donors (Lipinski definition) is 2. The first kappa shape index (κ1) is 13.3. The van der Waals surface area contributed by atoms with E-state index in [9.17, 15) is 0 Å². The molecule has 88 valence electrons. The highest BCUT2D eigenvalue weighted by Crippen LogP contribution is 2.25. The summed E-state index contributed by atoms with van der Waals surface area (Å²) in [5, 5.41) is 3.98. The van der Waals surface area contributed by atoms with Gasteiger partial charge in [0.15, 0.2) is 0 Å². The summed E-state index contributed by atoms with van der Waals surface area (Å²) in [4.78, 5) is 0.330. The molecule has 0 aliphatic heterocycles. The van der Waals surface area contributed by atoms with Crippen LogP contribution in [-0.2, 0) is 0 Å².